The van der Waals surface area contributed by atoms with Crippen molar-refractivity contribution in [3.63, 3.8) is 0 Å². The molecule has 0 saturated carbocycles. The zero-order chi connectivity index (χ0) is 10.6. The van der Waals surface area contributed by atoms with Crippen LogP contribution in [0.3, 0.4) is 0 Å². The molecule has 0 aromatic carbocycles. The first kappa shape index (κ1) is 10.2. The van der Waals surface area contributed by atoms with Crippen LogP contribution in [-0.4, -0.2) is 23.1 Å². The first-order valence-electron chi connectivity index (χ1n) is 4.11. The van der Waals surface area contributed by atoms with Crippen molar-refractivity contribution in [2.75, 3.05) is 7.05 Å². The summed E-state index contributed by atoms with van der Waals surface area (Å²) in [5.41, 5.74) is 0. The lowest BCUT2D eigenvalue weighted by Crippen LogP contribution is -2.19. The third-order valence-electron chi connectivity index (χ3n) is 1.60. The molecule has 6 heteroatoms. The average Bonchev–Trinajstić information content (AvgIpc) is 2.65. The Morgan fingerprint density at radius 2 is 2.50 bits per heavy atom. The van der Waals surface area contributed by atoms with Crippen LogP contribution < -0.4 is 5.32 Å². The second kappa shape index (κ2) is 4.37. The standard InChI is InChI=1S/C8H10N4O2/c1-5(4-9)3-6-11-7(12-14-6)8(13)10-2/h5H,3H2,1-2H3,(H,10,13). The number of carbonyl (C=O) groups excluding carboxylic acids is 1. The molecule has 1 amide bonds. The molecule has 14 heavy (non-hydrogen) atoms. The van der Waals surface area contributed by atoms with Gasteiger partial charge in [-0.3, -0.25) is 4.79 Å². The number of nitrogens with zero attached hydrogens (tertiary/aromatic N) is 3. The normalized spacial score (nSPS) is 11.8. The molecule has 1 heterocycles. The molecule has 1 rings (SSSR count). The van der Waals surface area contributed by atoms with E-state index in [0.717, 1.165) is 0 Å². The SMILES string of the molecule is CNC(=O)c1noc(CC(C)C#N)n1. The Hall–Kier alpha value is -1.90. The number of aromatic nitrogens is 2. The molecule has 0 aliphatic carbocycles. The molecule has 1 N–H and O–H groups in total. The Morgan fingerprint density at radius 1 is 1.79 bits per heavy atom. The van der Waals surface area contributed by atoms with Crippen LogP contribution >= 0.6 is 0 Å². The lowest BCUT2D eigenvalue weighted by Gasteiger charge is -1.93. The van der Waals surface area contributed by atoms with Gasteiger partial charge in [-0.2, -0.15) is 10.2 Å². The highest BCUT2D eigenvalue weighted by molar-refractivity contribution is 5.89. The number of hydrogen-bond donors (Lipinski definition) is 1. The van der Waals surface area contributed by atoms with Crippen LogP contribution in [0.2, 0.25) is 0 Å². The Bertz CT molecular complexity index is 366. The molecule has 0 saturated heterocycles. The summed E-state index contributed by atoms with van der Waals surface area (Å²) in [4.78, 5) is 14.8. The first-order valence-corrected chi connectivity index (χ1v) is 4.11. The first-order chi connectivity index (χ1) is 6.67. The van der Waals surface area contributed by atoms with Gasteiger partial charge in [-0.25, -0.2) is 0 Å². The molecule has 1 aromatic heterocycles. The van der Waals surface area contributed by atoms with Gasteiger partial charge in [-0.05, 0) is 6.92 Å². The van der Waals surface area contributed by atoms with Gasteiger partial charge < -0.3 is 9.84 Å². The maximum Gasteiger partial charge on any atom is 0.292 e. The lowest BCUT2D eigenvalue weighted by atomic mass is 10.1. The Balaban J connectivity index is 2.69. The fourth-order valence-corrected chi connectivity index (χ4v) is 0.849. The van der Waals surface area contributed by atoms with Crippen molar-refractivity contribution in [2.45, 2.75) is 13.3 Å². The highest BCUT2D eigenvalue weighted by atomic mass is 16.5. The molecule has 0 fully saturated rings. The number of amides is 1. The van der Waals surface area contributed by atoms with Crippen molar-refractivity contribution in [3.8, 4) is 6.07 Å². The summed E-state index contributed by atoms with van der Waals surface area (Å²) in [7, 11) is 1.48. The average molecular weight is 194 g/mol. The van der Waals surface area contributed by atoms with Crippen LogP contribution in [0.4, 0.5) is 0 Å². The monoisotopic (exact) mass is 194 g/mol. The minimum Gasteiger partial charge on any atom is -0.352 e. The number of nitrogens with one attached hydrogen (secondary N) is 1. The highest BCUT2D eigenvalue weighted by Crippen LogP contribution is 2.05. The van der Waals surface area contributed by atoms with Crippen molar-refractivity contribution in [3.05, 3.63) is 11.7 Å². The van der Waals surface area contributed by atoms with Gasteiger partial charge in [0.1, 0.15) is 0 Å². The number of nitriles is 1. The Morgan fingerprint density at radius 3 is 3.07 bits per heavy atom. The predicted octanol–water partition coefficient (Wildman–Crippen LogP) is 0.131. The molecule has 1 atom stereocenters. The molecule has 6 nitrogen and oxygen atoms in total. The van der Waals surface area contributed by atoms with E-state index in [1.54, 1.807) is 6.92 Å². The van der Waals surface area contributed by atoms with E-state index in [0.29, 0.717) is 12.3 Å². The summed E-state index contributed by atoms with van der Waals surface area (Å²) >= 11 is 0. The summed E-state index contributed by atoms with van der Waals surface area (Å²) in [6.45, 7) is 1.74. The molecular formula is C8H10N4O2. The van der Waals surface area contributed by atoms with Gasteiger partial charge in [0.2, 0.25) is 5.89 Å². The van der Waals surface area contributed by atoms with Crippen molar-refractivity contribution in [1.82, 2.24) is 15.5 Å². The maximum absolute atomic E-state index is 11.0. The van der Waals surface area contributed by atoms with Gasteiger partial charge in [0.25, 0.3) is 11.7 Å². The summed E-state index contributed by atoms with van der Waals surface area (Å²) < 4.78 is 4.79. The van der Waals surface area contributed by atoms with Crippen LogP contribution in [0.5, 0.6) is 0 Å². The summed E-state index contributed by atoms with van der Waals surface area (Å²) in [5.74, 6) is -0.303. The third kappa shape index (κ3) is 2.29. The van der Waals surface area contributed by atoms with Gasteiger partial charge >= 0.3 is 0 Å². The van der Waals surface area contributed by atoms with E-state index in [1.165, 1.54) is 7.05 Å². The Labute approximate surface area is 80.9 Å². The van der Waals surface area contributed by atoms with E-state index in [-0.39, 0.29) is 11.7 Å². The van der Waals surface area contributed by atoms with Crippen molar-refractivity contribution in [2.24, 2.45) is 5.92 Å². The summed E-state index contributed by atoms with van der Waals surface area (Å²) in [6.07, 6.45) is 0.362. The van der Waals surface area contributed by atoms with E-state index >= 15 is 0 Å². The molecule has 74 valence electrons. The molecule has 1 aromatic rings. The van der Waals surface area contributed by atoms with Crippen LogP contribution in [-0.2, 0) is 6.42 Å². The second-order valence-corrected chi connectivity index (χ2v) is 2.83. The van der Waals surface area contributed by atoms with Gasteiger partial charge in [-0.15, -0.1) is 0 Å². The van der Waals surface area contributed by atoms with Gasteiger partial charge in [0.15, 0.2) is 0 Å². The molecule has 0 aliphatic rings. The lowest BCUT2D eigenvalue weighted by molar-refractivity contribution is 0.0950. The highest BCUT2D eigenvalue weighted by Gasteiger charge is 2.14. The maximum atomic E-state index is 11.0. The van der Waals surface area contributed by atoms with Crippen molar-refractivity contribution in [1.29, 1.82) is 5.26 Å². The van der Waals surface area contributed by atoms with E-state index in [9.17, 15) is 4.79 Å². The van der Waals surface area contributed by atoms with E-state index in [4.69, 9.17) is 9.78 Å². The van der Waals surface area contributed by atoms with Gasteiger partial charge in [-0.1, -0.05) is 5.16 Å². The van der Waals surface area contributed by atoms with Gasteiger partial charge in [0, 0.05) is 13.5 Å². The topological polar surface area (TPSA) is 91.8 Å². The summed E-state index contributed by atoms with van der Waals surface area (Å²) in [5, 5.41) is 14.4. The van der Waals surface area contributed by atoms with Crippen LogP contribution in [0.15, 0.2) is 4.52 Å². The van der Waals surface area contributed by atoms with Crippen LogP contribution in [0.1, 0.15) is 23.4 Å². The van der Waals surface area contributed by atoms with Crippen LogP contribution in [0.25, 0.3) is 0 Å². The molecule has 0 radical (unpaired) electrons. The second-order valence-electron chi connectivity index (χ2n) is 2.83. The molecule has 1 unspecified atom stereocenters. The molecule has 0 aliphatic heterocycles. The summed E-state index contributed by atoms with van der Waals surface area (Å²) in [6, 6.07) is 2.04. The van der Waals surface area contributed by atoms with Crippen molar-refractivity contribution < 1.29 is 9.32 Å². The van der Waals surface area contributed by atoms with E-state index in [1.807, 2.05) is 6.07 Å². The fourth-order valence-electron chi connectivity index (χ4n) is 0.849. The minimum atomic E-state index is -0.399. The number of hydrogen-bond acceptors (Lipinski definition) is 5. The van der Waals surface area contributed by atoms with E-state index in [2.05, 4.69) is 15.5 Å². The predicted molar refractivity (Wildman–Crippen MR) is 46.2 cm³/mol. The third-order valence-corrected chi connectivity index (χ3v) is 1.60. The van der Waals surface area contributed by atoms with Crippen molar-refractivity contribution >= 4 is 5.91 Å². The fraction of sp³-hybridized carbons (Fsp3) is 0.500. The quantitative estimate of drug-likeness (QED) is 0.738. The van der Waals surface area contributed by atoms with Gasteiger partial charge in [0.05, 0.1) is 12.0 Å². The van der Waals surface area contributed by atoms with Crippen LogP contribution in [0, 0.1) is 17.2 Å². The zero-order valence-electron chi connectivity index (χ0n) is 7.94. The smallest absolute Gasteiger partial charge is 0.292 e. The Kier molecular flexibility index (Phi) is 3.18. The minimum absolute atomic E-state index is 0.00682. The van der Waals surface area contributed by atoms with E-state index < -0.39 is 5.91 Å². The number of carbonyl (C=O) groups is 1. The molecule has 0 bridgehead atoms. The largest absolute Gasteiger partial charge is 0.352 e. The number of rotatable bonds is 3. The zero-order valence-corrected chi connectivity index (χ0v) is 7.94. The molecule has 0 spiro atoms. The molecular weight excluding hydrogens is 184 g/mol.